The number of halogens is 4. The Morgan fingerprint density at radius 3 is 2.61 bits per heavy atom. The van der Waals surface area contributed by atoms with Crippen molar-refractivity contribution < 1.29 is 22.7 Å². The van der Waals surface area contributed by atoms with Gasteiger partial charge in [-0.25, -0.2) is 4.98 Å². The molecule has 2 aromatic rings. The molecule has 218 valence electrons. The Balaban J connectivity index is 1.53. The number of carbonyl (C=O) groups is 1. The van der Waals surface area contributed by atoms with Crippen LogP contribution in [0.5, 0.6) is 5.88 Å². The van der Waals surface area contributed by atoms with E-state index in [0.717, 1.165) is 24.9 Å². The average Bonchev–Trinajstić information content (AvgIpc) is 3.38. The van der Waals surface area contributed by atoms with Crippen LogP contribution in [-0.4, -0.2) is 79.7 Å². The van der Waals surface area contributed by atoms with Crippen LogP contribution in [-0.2, 0) is 23.9 Å². The Morgan fingerprint density at radius 2 is 1.98 bits per heavy atom. The maximum atomic E-state index is 14.0. The van der Waals surface area contributed by atoms with Gasteiger partial charge in [-0.15, -0.1) is 0 Å². The number of anilines is 2. The Hall–Kier alpha value is -3.49. The van der Waals surface area contributed by atoms with E-state index >= 15 is 0 Å². The number of carbonyl (C=O) groups excluding carboxylic acids is 1. The first-order valence-corrected chi connectivity index (χ1v) is 14.1. The molecule has 0 N–H and O–H groups in total. The molecule has 0 radical (unpaired) electrons. The van der Waals surface area contributed by atoms with Gasteiger partial charge in [-0.1, -0.05) is 24.2 Å². The number of likely N-dealkylation sites (N-methyl/N-ethyl adjacent to an activating group) is 1. The largest absolute Gasteiger partial charge is 0.475 e. The summed E-state index contributed by atoms with van der Waals surface area (Å²) in [7, 11) is 2.03. The molecule has 0 saturated carbocycles. The van der Waals surface area contributed by atoms with Gasteiger partial charge in [0, 0.05) is 44.3 Å². The molecule has 8 nitrogen and oxygen atoms in total. The van der Waals surface area contributed by atoms with Crippen molar-refractivity contribution in [3.05, 3.63) is 58.3 Å². The number of fused-ring (bicyclic) bond motifs is 1. The normalized spacial score (nSPS) is 19.6. The molecule has 12 heteroatoms. The molecule has 0 unspecified atom stereocenters. The Bertz CT molecular complexity index is 1370. The van der Waals surface area contributed by atoms with Gasteiger partial charge in [0.05, 0.1) is 34.2 Å². The second kappa shape index (κ2) is 11.8. The third-order valence-corrected chi connectivity index (χ3v) is 8.50. The molecule has 41 heavy (non-hydrogen) atoms. The predicted octanol–water partition coefficient (Wildman–Crippen LogP) is 4.50. The quantitative estimate of drug-likeness (QED) is 0.460. The monoisotopic (exact) mass is 588 g/mol. The molecule has 4 heterocycles. The number of aromatic nitrogens is 1. The number of benzene rings is 1. The van der Waals surface area contributed by atoms with Crippen LogP contribution in [0, 0.1) is 11.3 Å². The Morgan fingerprint density at radius 1 is 1.22 bits per heavy atom. The molecule has 2 saturated heterocycles. The second-order valence-corrected chi connectivity index (χ2v) is 11.0. The third kappa shape index (κ3) is 5.81. The SMILES string of the molecule is C=CC(=O)N1CCN(c2c(C#N)c(OC[C@@H]3CCCN3C)nc3c2CCN(c2cccc(Cl)c2C(F)(F)F)C3)CC1. The number of hydrogen-bond donors (Lipinski definition) is 0. The fourth-order valence-corrected chi connectivity index (χ4v) is 6.27. The van der Waals surface area contributed by atoms with Gasteiger partial charge >= 0.3 is 6.18 Å². The lowest BCUT2D eigenvalue weighted by molar-refractivity contribution is -0.137. The van der Waals surface area contributed by atoms with Gasteiger partial charge in [-0.2, -0.15) is 18.4 Å². The number of piperazine rings is 1. The highest BCUT2D eigenvalue weighted by molar-refractivity contribution is 6.31. The summed E-state index contributed by atoms with van der Waals surface area (Å²) in [6.07, 6.45) is -0.925. The molecular weight excluding hydrogens is 557 g/mol. The van der Waals surface area contributed by atoms with Crippen molar-refractivity contribution in [2.45, 2.75) is 38.0 Å². The van der Waals surface area contributed by atoms with E-state index in [9.17, 15) is 23.2 Å². The maximum Gasteiger partial charge on any atom is 0.419 e. The summed E-state index contributed by atoms with van der Waals surface area (Å²) >= 11 is 6.02. The average molecular weight is 589 g/mol. The van der Waals surface area contributed by atoms with E-state index in [-0.39, 0.29) is 41.6 Å². The van der Waals surface area contributed by atoms with E-state index in [1.807, 2.05) is 7.05 Å². The first-order chi connectivity index (χ1) is 19.6. The Kier molecular flexibility index (Phi) is 8.34. The predicted molar refractivity (Wildman–Crippen MR) is 150 cm³/mol. The number of nitriles is 1. The summed E-state index contributed by atoms with van der Waals surface area (Å²) in [6, 6.07) is 6.67. The first-order valence-electron chi connectivity index (χ1n) is 13.7. The molecule has 5 rings (SSSR count). The van der Waals surface area contributed by atoms with Gasteiger partial charge < -0.3 is 24.3 Å². The lowest BCUT2D eigenvalue weighted by Gasteiger charge is -2.39. The van der Waals surface area contributed by atoms with Crippen LogP contribution in [0.1, 0.15) is 35.2 Å². The van der Waals surface area contributed by atoms with E-state index in [1.54, 1.807) is 9.80 Å². The molecule has 0 bridgehead atoms. The van der Waals surface area contributed by atoms with Crippen LogP contribution in [0.15, 0.2) is 30.9 Å². The van der Waals surface area contributed by atoms with Gasteiger partial charge in [-0.05, 0) is 51.1 Å². The number of hydrogen-bond acceptors (Lipinski definition) is 7. The van der Waals surface area contributed by atoms with Crippen LogP contribution >= 0.6 is 11.6 Å². The number of likely N-dealkylation sites (tertiary alicyclic amines) is 1. The molecule has 1 amide bonds. The van der Waals surface area contributed by atoms with Crippen LogP contribution in [0.4, 0.5) is 24.5 Å². The molecule has 1 aromatic heterocycles. The molecule has 3 aliphatic rings. The zero-order valence-corrected chi connectivity index (χ0v) is 23.6. The number of nitrogens with zero attached hydrogens (tertiary/aromatic N) is 6. The van der Waals surface area contributed by atoms with Crippen LogP contribution in [0.3, 0.4) is 0 Å². The molecule has 1 aromatic carbocycles. The van der Waals surface area contributed by atoms with Crippen molar-refractivity contribution in [2.24, 2.45) is 0 Å². The van der Waals surface area contributed by atoms with Crippen LogP contribution in [0.25, 0.3) is 0 Å². The van der Waals surface area contributed by atoms with Crippen molar-refractivity contribution in [2.75, 3.05) is 62.7 Å². The van der Waals surface area contributed by atoms with E-state index in [1.165, 1.54) is 24.3 Å². The topological polar surface area (TPSA) is 75.9 Å². The highest BCUT2D eigenvalue weighted by Crippen LogP contribution is 2.44. The maximum absolute atomic E-state index is 14.0. The minimum absolute atomic E-state index is 0.00467. The zero-order chi connectivity index (χ0) is 29.3. The van der Waals surface area contributed by atoms with Gasteiger partial charge in [0.1, 0.15) is 18.2 Å². The van der Waals surface area contributed by atoms with E-state index in [4.69, 9.17) is 21.3 Å². The summed E-state index contributed by atoms with van der Waals surface area (Å²) in [5.41, 5.74) is 1.53. The standard InChI is InChI=1S/C29H32ClF3N6O2/c1-3-25(40)37-12-14-38(15-13-37)27-20-9-11-39(24-8-4-7-22(30)26(24)29(31,32)33)17-23(20)35-28(21(27)16-34)41-18-19-6-5-10-36(19)2/h3-4,7-8,19H,1,5-6,9-15,17-18H2,2H3/t19-/m0/s1. The van der Waals surface area contributed by atoms with Gasteiger partial charge in [0.2, 0.25) is 11.8 Å². The fraction of sp³-hybridized carbons (Fsp3) is 0.483. The highest BCUT2D eigenvalue weighted by Gasteiger charge is 2.39. The van der Waals surface area contributed by atoms with E-state index < -0.39 is 11.7 Å². The first kappa shape index (κ1) is 29.0. The van der Waals surface area contributed by atoms with Gasteiger partial charge in [-0.3, -0.25) is 4.79 Å². The van der Waals surface area contributed by atoms with Crippen molar-refractivity contribution in [3.63, 3.8) is 0 Å². The third-order valence-electron chi connectivity index (χ3n) is 8.19. The lowest BCUT2D eigenvalue weighted by atomic mass is 9.97. The van der Waals surface area contributed by atoms with Crippen LogP contribution < -0.4 is 14.5 Å². The number of pyridine rings is 1. The number of alkyl halides is 3. The van der Waals surface area contributed by atoms with Crippen molar-refractivity contribution >= 4 is 28.9 Å². The summed E-state index contributed by atoms with van der Waals surface area (Å²) in [5, 5.41) is 9.95. The summed E-state index contributed by atoms with van der Waals surface area (Å²) in [6.45, 7) is 7.18. The molecule has 0 spiro atoms. The molecule has 0 aliphatic carbocycles. The number of ether oxygens (including phenoxy) is 1. The summed E-state index contributed by atoms with van der Waals surface area (Å²) in [4.78, 5) is 24.5. The lowest BCUT2D eigenvalue weighted by Crippen LogP contribution is -2.49. The molecular formula is C29H32ClF3N6O2. The van der Waals surface area contributed by atoms with Crippen molar-refractivity contribution in [3.8, 4) is 11.9 Å². The summed E-state index contributed by atoms with van der Waals surface area (Å²) < 4.78 is 48.2. The zero-order valence-electron chi connectivity index (χ0n) is 22.9. The second-order valence-electron chi connectivity index (χ2n) is 10.6. The van der Waals surface area contributed by atoms with Crippen molar-refractivity contribution in [1.29, 1.82) is 5.26 Å². The fourth-order valence-electron chi connectivity index (χ4n) is 6.00. The minimum Gasteiger partial charge on any atom is -0.475 e. The Labute approximate surface area is 242 Å². The molecule has 2 fully saturated rings. The van der Waals surface area contributed by atoms with Crippen molar-refractivity contribution in [1.82, 2.24) is 14.8 Å². The smallest absolute Gasteiger partial charge is 0.419 e. The van der Waals surface area contributed by atoms with Gasteiger partial charge in [0.25, 0.3) is 0 Å². The van der Waals surface area contributed by atoms with E-state index in [2.05, 4.69) is 22.4 Å². The minimum atomic E-state index is -4.62. The molecule has 1 atom stereocenters. The molecule has 3 aliphatic heterocycles. The summed E-state index contributed by atoms with van der Waals surface area (Å²) in [5.74, 6) is 0.0411. The number of rotatable bonds is 6. The van der Waals surface area contributed by atoms with Crippen LogP contribution in [0.2, 0.25) is 5.02 Å². The van der Waals surface area contributed by atoms with E-state index in [0.29, 0.717) is 56.2 Å². The van der Waals surface area contributed by atoms with Gasteiger partial charge in [0.15, 0.2) is 0 Å². The number of amides is 1. The highest BCUT2D eigenvalue weighted by atomic mass is 35.5.